The maximum absolute atomic E-state index is 13.2. The number of likely N-dealkylation sites (tertiary alicyclic amines) is 1. The fourth-order valence-electron chi connectivity index (χ4n) is 4.08. The Bertz CT molecular complexity index is 774. The van der Waals surface area contributed by atoms with Gasteiger partial charge in [0.2, 0.25) is 5.91 Å². The summed E-state index contributed by atoms with van der Waals surface area (Å²) in [4.78, 5) is 14.7. The lowest BCUT2D eigenvalue weighted by Gasteiger charge is -2.42. The van der Waals surface area contributed by atoms with Crippen LogP contribution in [0.5, 0.6) is 0 Å². The highest BCUT2D eigenvalue weighted by Crippen LogP contribution is 2.34. The molecule has 3 nitrogen and oxygen atoms in total. The average Bonchev–Trinajstić information content (AvgIpc) is 2.69. The van der Waals surface area contributed by atoms with Crippen LogP contribution in [-0.4, -0.2) is 35.6 Å². The fraction of sp³-hybridized carbons (Fsp3) is 0.435. The molecule has 0 spiro atoms. The summed E-state index contributed by atoms with van der Waals surface area (Å²) in [5, 5.41) is 10.1. The SMILES string of the molecule is Cc1ccccc1CCC(=O)N1CCCC(CO)(Cc2ccc(F)cc2)C1. The molecule has 2 aromatic rings. The van der Waals surface area contributed by atoms with Gasteiger partial charge in [-0.1, -0.05) is 36.4 Å². The maximum atomic E-state index is 13.2. The maximum Gasteiger partial charge on any atom is 0.222 e. The van der Waals surface area contributed by atoms with Crippen molar-refractivity contribution in [1.29, 1.82) is 0 Å². The first kappa shape index (κ1) is 19.6. The van der Waals surface area contributed by atoms with Crippen LogP contribution in [0.4, 0.5) is 4.39 Å². The highest BCUT2D eigenvalue weighted by molar-refractivity contribution is 5.76. The fourth-order valence-corrected chi connectivity index (χ4v) is 4.08. The first-order valence-corrected chi connectivity index (χ1v) is 9.69. The number of nitrogens with zero attached hydrogens (tertiary/aromatic N) is 1. The summed E-state index contributed by atoms with van der Waals surface area (Å²) >= 11 is 0. The van der Waals surface area contributed by atoms with Gasteiger partial charge in [-0.3, -0.25) is 4.79 Å². The van der Waals surface area contributed by atoms with Crippen molar-refractivity contribution in [3.8, 4) is 0 Å². The van der Waals surface area contributed by atoms with E-state index in [-0.39, 0.29) is 23.7 Å². The van der Waals surface area contributed by atoms with Crippen molar-refractivity contribution in [3.05, 3.63) is 71.0 Å². The number of halogens is 1. The number of piperidine rings is 1. The monoisotopic (exact) mass is 369 g/mol. The molecular weight excluding hydrogens is 341 g/mol. The van der Waals surface area contributed by atoms with Crippen molar-refractivity contribution in [2.45, 2.75) is 39.0 Å². The third-order valence-electron chi connectivity index (χ3n) is 5.71. The molecular formula is C23H28FNO2. The van der Waals surface area contributed by atoms with Gasteiger partial charge in [0.15, 0.2) is 0 Å². The molecule has 1 heterocycles. The van der Waals surface area contributed by atoms with Crippen molar-refractivity contribution >= 4 is 5.91 Å². The summed E-state index contributed by atoms with van der Waals surface area (Å²) in [6, 6.07) is 14.6. The second kappa shape index (κ2) is 8.66. The van der Waals surface area contributed by atoms with Crippen molar-refractivity contribution in [2.24, 2.45) is 5.41 Å². The Morgan fingerprint density at radius 1 is 1.19 bits per heavy atom. The molecule has 3 rings (SSSR count). The van der Waals surface area contributed by atoms with Gasteiger partial charge in [-0.2, -0.15) is 0 Å². The highest BCUT2D eigenvalue weighted by atomic mass is 19.1. The Morgan fingerprint density at radius 2 is 1.93 bits per heavy atom. The number of hydrogen-bond acceptors (Lipinski definition) is 2. The number of carbonyl (C=O) groups is 1. The first-order chi connectivity index (χ1) is 13.0. The lowest BCUT2D eigenvalue weighted by atomic mass is 9.75. The summed E-state index contributed by atoms with van der Waals surface area (Å²) < 4.78 is 13.2. The number of amides is 1. The Kier molecular flexibility index (Phi) is 6.27. The molecule has 1 N–H and O–H groups in total. The Balaban J connectivity index is 1.63. The lowest BCUT2D eigenvalue weighted by molar-refractivity contribution is -0.135. The smallest absolute Gasteiger partial charge is 0.222 e. The van der Waals surface area contributed by atoms with Crippen molar-refractivity contribution in [1.82, 2.24) is 4.90 Å². The number of aliphatic hydroxyl groups excluding tert-OH is 1. The van der Waals surface area contributed by atoms with Gasteiger partial charge in [-0.15, -0.1) is 0 Å². The zero-order chi connectivity index (χ0) is 19.3. The van der Waals surface area contributed by atoms with Crippen LogP contribution in [0.1, 0.15) is 36.0 Å². The largest absolute Gasteiger partial charge is 0.396 e. The number of aliphatic hydroxyl groups is 1. The predicted molar refractivity (Wildman–Crippen MR) is 105 cm³/mol. The first-order valence-electron chi connectivity index (χ1n) is 9.69. The summed E-state index contributed by atoms with van der Waals surface area (Å²) in [7, 11) is 0. The molecule has 1 amide bonds. The Hall–Kier alpha value is -2.20. The van der Waals surface area contributed by atoms with Crippen molar-refractivity contribution < 1.29 is 14.3 Å². The molecule has 1 saturated heterocycles. The number of aryl methyl sites for hydroxylation is 2. The third-order valence-corrected chi connectivity index (χ3v) is 5.71. The van der Waals surface area contributed by atoms with Crippen LogP contribution in [0, 0.1) is 18.2 Å². The summed E-state index contributed by atoms with van der Waals surface area (Å²) in [5.41, 5.74) is 3.08. The zero-order valence-electron chi connectivity index (χ0n) is 16.0. The van der Waals surface area contributed by atoms with Crippen LogP contribution >= 0.6 is 0 Å². The van der Waals surface area contributed by atoms with Crippen molar-refractivity contribution in [3.63, 3.8) is 0 Å². The van der Waals surface area contributed by atoms with Gasteiger partial charge in [0.25, 0.3) is 0 Å². The van der Waals surface area contributed by atoms with Gasteiger partial charge in [0, 0.05) is 24.9 Å². The second-order valence-corrected chi connectivity index (χ2v) is 7.81. The summed E-state index contributed by atoms with van der Waals surface area (Å²) in [6.07, 6.45) is 3.65. The number of benzene rings is 2. The molecule has 0 aliphatic carbocycles. The van der Waals surface area contributed by atoms with Gasteiger partial charge >= 0.3 is 0 Å². The topological polar surface area (TPSA) is 40.5 Å². The molecule has 1 unspecified atom stereocenters. The van der Waals surface area contributed by atoms with Gasteiger partial charge < -0.3 is 10.0 Å². The predicted octanol–water partition coefficient (Wildman–Crippen LogP) is 3.91. The molecule has 0 bridgehead atoms. The molecule has 0 radical (unpaired) electrons. The van der Waals surface area contributed by atoms with E-state index in [9.17, 15) is 14.3 Å². The molecule has 4 heteroatoms. The number of carbonyl (C=O) groups excluding carboxylic acids is 1. The standard InChI is InChI=1S/C23H28FNO2/c1-18-5-2-3-6-20(18)9-12-22(27)25-14-4-13-23(16-25,17-26)15-19-7-10-21(24)11-8-19/h2-3,5-8,10-11,26H,4,9,12-17H2,1H3. The van der Waals surface area contributed by atoms with Crippen LogP contribution < -0.4 is 0 Å². The van der Waals surface area contributed by atoms with E-state index in [0.717, 1.165) is 31.4 Å². The van der Waals surface area contributed by atoms with E-state index in [0.29, 0.717) is 19.4 Å². The molecule has 1 aliphatic heterocycles. The van der Waals surface area contributed by atoms with Gasteiger partial charge in [-0.25, -0.2) is 4.39 Å². The van der Waals surface area contributed by atoms with E-state index >= 15 is 0 Å². The van der Waals surface area contributed by atoms with Crippen LogP contribution in [-0.2, 0) is 17.6 Å². The highest BCUT2D eigenvalue weighted by Gasteiger charge is 2.36. The molecule has 1 atom stereocenters. The summed E-state index contributed by atoms with van der Waals surface area (Å²) in [5.74, 6) is -0.108. The molecule has 1 aliphatic rings. The van der Waals surface area contributed by atoms with Crippen LogP contribution in [0.3, 0.4) is 0 Å². The summed E-state index contributed by atoms with van der Waals surface area (Å²) in [6.45, 7) is 3.41. The van der Waals surface area contributed by atoms with Crippen LogP contribution in [0.15, 0.2) is 48.5 Å². The second-order valence-electron chi connectivity index (χ2n) is 7.81. The molecule has 1 fully saturated rings. The normalized spacial score (nSPS) is 19.9. The molecule has 144 valence electrons. The lowest BCUT2D eigenvalue weighted by Crippen LogP contribution is -2.49. The minimum absolute atomic E-state index is 0.0337. The van der Waals surface area contributed by atoms with Gasteiger partial charge in [-0.05, 0) is 61.4 Å². The van der Waals surface area contributed by atoms with E-state index in [1.807, 2.05) is 17.0 Å². The van der Waals surface area contributed by atoms with Crippen molar-refractivity contribution in [2.75, 3.05) is 19.7 Å². The minimum atomic E-state index is -0.339. The van der Waals surface area contributed by atoms with E-state index in [2.05, 4.69) is 19.1 Å². The molecule has 2 aromatic carbocycles. The van der Waals surface area contributed by atoms with Crippen LogP contribution in [0.25, 0.3) is 0 Å². The van der Waals surface area contributed by atoms with Gasteiger partial charge in [0.05, 0.1) is 6.61 Å². The van der Waals surface area contributed by atoms with E-state index in [4.69, 9.17) is 0 Å². The van der Waals surface area contributed by atoms with E-state index in [1.54, 1.807) is 12.1 Å². The Labute approximate surface area is 160 Å². The average molecular weight is 369 g/mol. The van der Waals surface area contributed by atoms with Crippen LogP contribution in [0.2, 0.25) is 0 Å². The van der Waals surface area contributed by atoms with E-state index < -0.39 is 0 Å². The number of hydrogen-bond donors (Lipinski definition) is 1. The van der Waals surface area contributed by atoms with E-state index in [1.165, 1.54) is 23.3 Å². The third kappa shape index (κ3) is 4.95. The van der Waals surface area contributed by atoms with Gasteiger partial charge in [0.1, 0.15) is 5.82 Å². The number of rotatable bonds is 6. The molecule has 0 saturated carbocycles. The molecule has 27 heavy (non-hydrogen) atoms. The Morgan fingerprint density at radius 3 is 2.63 bits per heavy atom. The quantitative estimate of drug-likeness (QED) is 0.839. The molecule has 0 aromatic heterocycles. The minimum Gasteiger partial charge on any atom is -0.396 e. The zero-order valence-corrected chi connectivity index (χ0v) is 16.0.